The zero-order valence-corrected chi connectivity index (χ0v) is 5.14. The summed E-state index contributed by atoms with van der Waals surface area (Å²) in [4.78, 5) is 0. The Morgan fingerprint density at radius 3 is 1.43 bits per heavy atom. The van der Waals surface area contributed by atoms with Crippen LogP contribution in [0.25, 0.3) is 0 Å². The SMILES string of the molecule is CC(F)SC(C)F. The van der Waals surface area contributed by atoms with E-state index in [1.165, 1.54) is 13.8 Å². The van der Waals surface area contributed by atoms with Gasteiger partial charge in [-0.2, -0.15) is 0 Å². The Hall–Kier alpha value is 0.210. The summed E-state index contributed by atoms with van der Waals surface area (Å²) in [5.74, 6) is 0. The fourth-order valence-corrected chi connectivity index (χ4v) is 0.775. The van der Waals surface area contributed by atoms with Gasteiger partial charge in [0.15, 0.2) is 0 Å². The second-order valence-corrected chi connectivity index (χ2v) is 2.79. The Morgan fingerprint density at radius 2 is 1.43 bits per heavy atom. The Labute approximate surface area is 46.3 Å². The fraction of sp³-hybridized carbons (Fsp3) is 1.00. The third-order valence-electron chi connectivity index (χ3n) is 0.375. The molecule has 2 unspecified atom stereocenters. The van der Waals surface area contributed by atoms with Crippen molar-refractivity contribution in [2.45, 2.75) is 24.9 Å². The normalized spacial score (nSPS) is 18.9. The van der Waals surface area contributed by atoms with Gasteiger partial charge in [-0.1, -0.05) is 11.8 Å². The first-order valence-electron chi connectivity index (χ1n) is 2.06. The van der Waals surface area contributed by atoms with Crippen LogP contribution in [0.3, 0.4) is 0 Å². The molecular weight excluding hydrogens is 118 g/mol. The van der Waals surface area contributed by atoms with E-state index in [0.717, 1.165) is 0 Å². The van der Waals surface area contributed by atoms with E-state index in [1.54, 1.807) is 0 Å². The number of rotatable bonds is 2. The van der Waals surface area contributed by atoms with Crippen molar-refractivity contribution in [3.8, 4) is 0 Å². The predicted molar refractivity (Wildman–Crippen MR) is 28.7 cm³/mol. The van der Waals surface area contributed by atoms with Gasteiger partial charge < -0.3 is 0 Å². The van der Waals surface area contributed by atoms with Crippen molar-refractivity contribution >= 4 is 11.8 Å². The minimum atomic E-state index is -1.08. The summed E-state index contributed by atoms with van der Waals surface area (Å²) in [5.41, 5.74) is -2.17. The van der Waals surface area contributed by atoms with Crippen LogP contribution in [0, 0.1) is 0 Å². The highest BCUT2D eigenvalue weighted by atomic mass is 32.2. The Morgan fingerprint density at radius 1 is 1.14 bits per heavy atom. The first kappa shape index (κ1) is 7.21. The summed E-state index contributed by atoms with van der Waals surface area (Å²) in [6, 6.07) is 0. The van der Waals surface area contributed by atoms with Crippen molar-refractivity contribution in [1.29, 1.82) is 0 Å². The minimum absolute atomic E-state index is 0.676. The molecule has 2 atom stereocenters. The molecule has 0 aliphatic rings. The number of hydrogen-bond donors (Lipinski definition) is 0. The van der Waals surface area contributed by atoms with Crippen molar-refractivity contribution in [3.63, 3.8) is 0 Å². The standard InChI is InChI=1S/C4H8F2S/c1-3(5)7-4(2)6/h3-4H,1-2H3. The summed E-state index contributed by atoms with van der Waals surface area (Å²) in [6.07, 6.45) is 0. The van der Waals surface area contributed by atoms with E-state index in [4.69, 9.17) is 0 Å². The predicted octanol–water partition coefficient (Wildman–Crippen LogP) is 2.35. The molecule has 44 valence electrons. The molecule has 0 radical (unpaired) electrons. The molecule has 0 spiro atoms. The minimum Gasteiger partial charge on any atom is -0.236 e. The van der Waals surface area contributed by atoms with Gasteiger partial charge in [0, 0.05) is 0 Å². The van der Waals surface area contributed by atoms with E-state index in [2.05, 4.69) is 0 Å². The van der Waals surface area contributed by atoms with Gasteiger partial charge in [0.2, 0.25) is 0 Å². The second kappa shape index (κ2) is 3.24. The van der Waals surface area contributed by atoms with Crippen LogP contribution >= 0.6 is 11.8 Å². The molecule has 0 aromatic rings. The summed E-state index contributed by atoms with van der Waals surface area (Å²) >= 11 is 0.676. The summed E-state index contributed by atoms with van der Waals surface area (Å²) < 4.78 is 23.4. The number of hydrogen-bond acceptors (Lipinski definition) is 1. The van der Waals surface area contributed by atoms with E-state index >= 15 is 0 Å². The van der Waals surface area contributed by atoms with E-state index in [0.29, 0.717) is 11.8 Å². The van der Waals surface area contributed by atoms with Crippen LogP contribution in [0.2, 0.25) is 0 Å². The van der Waals surface area contributed by atoms with E-state index in [9.17, 15) is 8.78 Å². The molecule has 0 saturated heterocycles. The molecule has 0 aliphatic heterocycles. The summed E-state index contributed by atoms with van der Waals surface area (Å²) in [6.45, 7) is 2.64. The molecule has 7 heavy (non-hydrogen) atoms. The van der Waals surface area contributed by atoms with Crippen LogP contribution in [-0.4, -0.2) is 11.0 Å². The molecule has 0 N–H and O–H groups in total. The quantitative estimate of drug-likeness (QED) is 0.547. The van der Waals surface area contributed by atoms with Gasteiger partial charge in [0.05, 0.1) is 0 Å². The van der Waals surface area contributed by atoms with Crippen molar-refractivity contribution < 1.29 is 8.78 Å². The maximum atomic E-state index is 11.7. The van der Waals surface area contributed by atoms with Crippen LogP contribution in [0.15, 0.2) is 0 Å². The monoisotopic (exact) mass is 126 g/mol. The lowest BCUT2D eigenvalue weighted by molar-refractivity contribution is 0.449. The van der Waals surface area contributed by atoms with E-state index < -0.39 is 11.0 Å². The molecule has 0 fully saturated rings. The molecule has 0 nitrogen and oxygen atoms in total. The Balaban J connectivity index is 2.95. The third kappa shape index (κ3) is 6.21. The maximum absolute atomic E-state index is 11.7. The second-order valence-electron chi connectivity index (χ2n) is 1.22. The van der Waals surface area contributed by atoms with Crippen LogP contribution in [0.5, 0.6) is 0 Å². The average molecular weight is 126 g/mol. The number of thioether (sulfide) groups is 1. The van der Waals surface area contributed by atoms with Gasteiger partial charge in [-0.3, -0.25) is 0 Å². The van der Waals surface area contributed by atoms with Crippen LogP contribution < -0.4 is 0 Å². The molecule has 0 aromatic heterocycles. The molecule has 3 heteroatoms. The van der Waals surface area contributed by atoms with Crippen molar-refractivity contribution in [2.75, 3.05) is 0 Å². The van der Waals surface area contributed by atoms with Crippen molar-refractivity contribution in [2.24, 2.45) is 0 Å². The molecule has 0 aromatic carbocycles. The van der Waals surface area contributed by atoms with Gasteiger partial charge in [0.1, 0.15) is 11.0 Å². The van der Waals surface area contributed by atoms with E-state index in [-0.39, 0.29) is 0 Å². The zero-order valence-electron chi connectivity index (χ0n) is 4.32. The van der Waals surface area contributed by atoms with Gasteiger partial charge in [0.25, 0.3) is 0 Å². The van der Waals surface area contributed by atoms with Crippen LogP contribution in [0.4, 0.5) is 8.78 Å². The lowest BCUT2D eigenvalue weighted by Crippen LogP contribution is -1.90. The van der Waals surface area contributed by atoms with E-state index in [1.807, 2.05) is 0 Å². The van der Waals surface area contributed by atoms with Gasteiger partial charge in [-0.25, -0.2) is 8.78 Å². The summed E-state index contributed by atoms with van der Waals surface area (Å²) in [5, 5.41) is 0. The number of alkyl halides is 2. The van der Waals surface area contributed by atoms with Crippen LogP contribution in [-0.2, 0) is 0 Å². The van der Waals surface area contributed by atoms with Gasteiger partial charge in [-0.05, 0) is 13.8 Å². The fourth-order valence-electron chi connectivity index (χ4n) is 0.258. The highest BCUT2D eigenvalue weighted by molar-refractivity contribution is 8.00. The topological polar surface area (TPSA) is 0 Å². The molecule has 0 saturated carbocycles. The third-order valence-corrected chi connectivity index (χ3v) is 1.13. The van der Waals surface area contributed by atoms with Gasteiger partial charge in [-0.15, -0.1) is 0 Å². The largest absolute Gasteiger partial charge is 0.236 e. The molecule has 0 rings (SSSR count). The van der Waals surface area contributed by atoms with Gasteiger partial charge >= 0.3 is 0 Å². The number of halogens is 2. The zero-order chi connectivity index (χ0) is 5.86. The maximum Gasteiger partial charge on any atom is 0.145 e. The molecule has 0 heterocycles. The molecule has 0 aliphatic carbocycles. The highest BCUT2D eigenvalue weighted by Crippen LogP contribution is 2.17. The average Bonchev–Trinajstić information content (AvgIpc) is 1.27. The Bertz CT molecular complexity index is 39.0. The van der Waals surface area contributed by atoms with Crippen LogP contribution in [0.1, 0.15) is 13.8 Å². The first-order chi connectivity index (χ1) is 3.13. The molecule has 0 amide bonds. The lowest BCUT2D eigenvalue weighted by Gasteiger charge is -1.99. The lowest BCUT2D eigenvalue weighted by atomic mass is 10.9. The highest BCUT2D eigenvalue weighted by Gasteiger charge is 2.03. The first-order valence-corrected chi connectivity index (χ1v) is 3.01. The molecule has 0 bridgehead atoms. The smallest absolute Gasteiger partial charge is 0.145 e. The van der Waals surface area contributed by atoms with Crippen molar-refractivity contribution in [3.05, 3.63) is 0 Å². The molecular formula is C4H8F2S. The summed E-state index contributed by atoms with van der Waals surface area (Å²) in [7, 11) is 0. The Kier molecular flexibility index (Phi) is 3.34. The van der Waals surface area contributed by atoms with Crippen molar-refractivity contribution in [1.82, 2.24) is 0 Å².